The third-order valence-corrected chi connectivity index (χ3v) is 6.27. The average Bonchev–Trinajstić information content (AvgIpc) is 2.90. The lowest BCUT2D eigenvalue weighted by Crippen LogP contribution is -2.40. The Morgan fingerprint density at radius 2 is 2.12 bits per heavy atom. The van der Waals surface area contributed by atoms with Crippen molar-refractivity contribution in [2.75, 3.05) is 30.9 Å². The number of sulfonamides is 1. The molecule has 1 N–H and O–H groups in total. The van der Waals surface area contributed by atoms with Gasteiger partial charge in [0.25, 0.3) is 0 Å². The number of hydrogen-bond acceptors (Lipinski definition) is 4. The van der Waals surface area contributed by atoms with E-state index in [1.165, 1.54) is 12.8 Å². The van der Waals surface area contributed by atoms with Gasteiger partial charge in [-0.1, -0.05) is 0 Å². The Kier molecular flexibility index (Phi) is 4.15. The Hall–Kier alpha value is 0.220. The second kappa shape index (κ2) is 5.25. The minimum absolute atomic E-state index is 0.218. The Bertz CT molecular complexity index is 322. The minimum Gasteiger partial charge on any atom is -0.313 e. The standard InChI is InChI=1S/C10H20N2O2S2/c1-12(10-4-6-15-8-10)16(13,14)7-5-11-9-2-3-9/h9-11H,2-8H2,1H3. The van der Waals surface area contributed by atoms with Gasteiger partial charge in [0.05, 0.1) is 5.75 Å². The number of nitrogens with zero attached hydrogens (tertiary/aromatic N) is 1. The largest absolute Gasteiger partial charge is 0.313 e. The highest BCUT2D eigenvalue weighted by atomic mass is 32.2. The summed E-state index contributed by atoms with van der Waals surface area (Å²) >= 11 is 1.84. The molecule has 0 amide bonds. The van der Waals surface area contributed by atoms with Gasteiger partial charge in [-0.3, -0.25) is 0 Å². The molecule has 1 saturated carbocycles. The highest BCUT2D eigenvalue weighted by Crippen LogP contribution is 2.23. The van der Waals surface area contributed by atoms with Gasteiger partial charge in [-0.05, 0) is 25.0 Å². The van der Waals surface area contributed by atoms with Gasteiger partial charge in [-0.25, -0.2) is 12.7 Å². The molecule has 1 saturated heterocycles. The predicted octanol–water partition coefficient (Wildman–Crippen LogP) is 0.505. The molecule has 94 valence electrons. The summed E-state index contributed by atoms with van der Waals surface area (Å²) in [6, 6.07) is 0.804. The summed E-state index contributed by atoms with van der Waals surface area (Å²) in [6.45, 7) is 0.594. The van der Waals surface area contributed by atoms with Crippen LogP contribution in [0.3, 0.4) is 0 Å². The molecule has 1 atom stereocenters. The normalized spacial score (nSPS) is 26.5. The van der Waals surface area contributed by atoms with Crippen LogP contribution in [0, 0.1) is 0 Å². The molecule has 16 heavy (non-hydrogen) atoms. The zero-order chi connectivity index (χ0) is 11.6. The van der Waals surface area contributed by atoms with Crippen LogP contribution in [-0.4, -0.2) is 55.7 Å². The van der Waals surface area contributed by atoms with E-state index in [2.05, 4.69) is 5.32 Å². The second-order valence-electron chi connectivity index (χ2n) is 4.58. The zero-order valence-corrected chi connectivity index (χ0v) is 11.3. The van der Waals surface area contributed by atoms with Gasteiger partial charge < -0.3 is 5.32 Å². The van der Waals surface area contributed by atoms with E-state index >= 15 is 0 Å². The predicted molar refractivity (Wildman–Crippen MR) is 68.3 cm³/mol. The number of hydrogen-bond donors (Lipinski definition) is 1. The van der Waals surface area contributed by atoms with E-state index in [1.54, 1.807) is 11.4 Å². The number of nitrogens with one attached hydrogen (secondary N) is 1. The van der Waals surface area contributed by atoms with Gasteiger partial charge >= 0.3 is 0 Å². The summed E-state index contributed by atoms with van der Waals surface area (Å²) < 4.78 is 25.6. The first kappa shape index (κ1) is 12.7. The summed E-state index contributed by atoms with van der Waals surface area (Å²) in [6.07, 6.45) is 3.40. The van der Waals surface area contributed by atoms with Crippen LogP contribution < -0.4 is 5.32 Å². The maximum atomic E-state index is 12.0. The van der Waals surface area contributed by atoms with Crippen molar-refractivity contribution >= 4 is 21.8 Å². The molecule has 1 aliphatic heterocycles. The topological polar surface area (TPSA) is 49.4 Å². The number of thioether (sulfide) groups is 1. The van der Waals surface area contributed by atoms with Crippen LogP contribution in [0.2, 0.25) is 0 Å². The Morgan fingerprint density at radius 3 is 2.69 bits per heavy atom. The van der Waals surface area contributed by atoms with Crippen molar-refractivity contribution in [1.29, 1.82) is 0 Å². The van der Waals surface area contributed by atoms with E-state index in [0.717, 1.165) is 17.9 Å². The lowest BCUT2D eigenvalue weighted by atomic mass is 10.3. The molecule has 0 radical (unpaired) electrons. The molecule has 1 aliphatic carbocycles. The van der Waals surface area contributed by atoms with Gasteiger partial charge in [0.15, 0.2) is 0 Å². The molecular formula is C10H20N2O2S2. The molecule has 0 aromatic heterocycles. The maximum Gasteiger partial charge on any atom is 0.215 e. The van der Waals surface area contributed by atoms with Crippen LogP contribution in [0.1, 0.15) is 19.3 Å². The highest BCUT2D eigenvalue weighted by molar-refractivity contribution is 7.99. The first-order chi connectivity index (χ1) is 7.59. The van der Waals surface area contributed by atoms with Crippen molar-refractivity contribution in [3.05, 3.63) is 0 Å². The molecule has 0 aromatic rings. The van der Waals surface area contributed by atoms with Gasteiger partial charge in [0.2, 0.25) is 10.0 Å². The Labute approximate surface area is 102 Å². The Morgan fingerprint density at radius 1 is 1.38 bits per heavy atom. The fourth-order valence-corrected chi connectivity index (χ4v) is 4.52. The summed E-state index contributed by atoms with van der Waals surface area (Å²) in [4.78, 5) is 0. The summed E-state index contributed by atoms with van der Waals surface area (Å²) in [5, 5.41) is 3.25. The second-order valence-corrected chi connectivity index (χ2v) is 7.88. The van der Waals surface area contributed by atoms with Crippen molar-refractivity contribution in [2.45, 2.75) is 31.3 Å². The fraction of sp³-hybridized carbons (Fsp3) is 1.00. The number of rotatable bonds is 6. The molecule has 0 bridgehead atoms. The van der Waals surface area contributed by atoms with Crippen LogP contribution in [0.15, 0.2) is 0 Å². The smallest absolute Gasteiger partial charge is 0.215 e. The molecule has 1 heterocycles. The minimum atomic E-state index is -3.05. The molecular weight excluding hydrogens is 244 g/mol. The van der Waals surface area contributed by atoms with Gasteiger partial charge in [0.1, 0.15) is 0 Å². The van der Waals surface area contributed by atoms with E-state index in [1.807, 2.05) is 11.8 Å². The molecule has 0 spiro atoms. The molecule has 2 rings (SSSR count). The van der Waals surface area contributed by atoms with Crippen molar-refractivity contribution in [3.8, 4) is 0 Å². The lowest BCUT2D eigenvalue weighted by molar-refractivity contribution is 0.394. The fourth-order valence-electron chi connectivity index (χ4n) is 1.86. The third kappa shape index (κ3) is 3.35. The molecule has 1 unspecified atom stereocenters. The summed E-state index contributed by atoms with van der Waals surface area (Å²) in [7, 11) is -1.33. The van der Waals surface area contributed by atoms with Crippen molar-refractivity contribution in [3.63, 3.8) is 0 Å². The monoisotopic (exact) mass is 264 g/mol. The van der Waals surface area contributed by atoms with E-state index in [9.17, 15) is 8.42 Å². The van der Waals surface area contributed by atoms with Crippen LogP contribution in [0.4, 0.5) is 0 Å². The zero-order valence-electron chi connectivity index (χ0n) is 9.68. The van der Waals surface area contributed by atoms with Crippen LogP contribution in [0.5, 0.6) is 0 Å². The molecule has 6 heteroatoms. The molecule has 2 aliphatic rings. The average molecular weight is 264 g/mol. The third-order valence-electron chi connectivity index (χ3n) is 3.23. The van der Waals surface area contributed by atoms with E-state index in [4.69, 9.17) is 0 Å². The van der Waals surface area contributed by atoms with Crippen molar-refractivity contribution in [2.24, 2.45) is 0 Å². The van der Waals surface area contributed by atoms with Crippen LogP contribution >= 0.6 is 11.8 Å². The van der Waals surface area contributed by atoms with Crippen LogP contribution in [0.25, 0.3) is 0 Å². The molecule has 2 fully saturated rings. The lowest BCUT2D eigenvalue weighted by Gasteiger charge is -2.23. The summed E-state index contributed by atoms with van der Waals surface area (Å²) in [5.74, 6) is 2.28. The van der Waals surface area contributed by atoms with Crippen LogP contribution in [-0.2, 0) is 10.0 Å². The quantitative estimate of drug-likeness (QED) is 0.759. The van der Waals surface area contributed by atoms with E-state index in [-0.39, 0.29) is 11.8 Å². The highest BCUT2D eigenvalue weighted by Gasteiger charge is 2.29. The first-order valence-corrected chi connectivity index (χ1v) is 8.63. The van der Waals surface area contributed by atoms with E-state index in [0.29, 0.717) is 12.6 Å². The van der Waals surface area contributed by atoms with E-state index < -0.39 is 10.0 Å². The molecule has 0 aromatic carbocycles. The van der Waals surface area contributed by atoms with Gasteiger partial charge in [-0.2, -0.15) is 11.8 Å². The van der Waals surface area contributed by atoms with Gasteiger partial charge in [-0.15, -0.1) is 0 Å². The molecule has 4 nitrogen and oxygen atoms in total. The van der Waals surface area contributed by atoms with Gasteiger partial charge in [0, 0.05) is 31.4 Å². The van der Waals surface area contributed by atoms with Crippen molar-refractivity contribution in [1.82, 2.24) is 9.62 Å². The summed E-state index contributed by atoms with van der Waals surface area (Å²) in [5.41, 5.74) is 0. The Balaban J connectivity index is 1.79. The first-order valence-electron chi connectivity index (χ1n) is 5.86. The van der Waals surface area contributed by atoms with Crippen molar-refractivity contribution < 1.29 is 8.42 Å². The SMILES string of the molecule is CN(C1CCSC1)S(=O)(=O)CCNC1CC1. The maximum absolute atomic E-state index is 12.0.